The zero-order chi connectivity index (χ0) is 27.8. The number of halogens is 3. The first-order chi connectivity index (χ1) is 18.7. The van der Waals surface area contributed by atoms with E-state index >= 15 is 0 Å². The molecule has 0 saturated carbocycles. The predicted octanol–water partition coefficient (Wildman–Crippen LogP) is 4.70. The maximum atomic E-state index is 13.3. The Hall–Kier alpha value is -4.32. The summed E-state index contributed by atoms with van der Waals surface area (Å²) in [7, 11) is 1.51. The molecule has 206 valence electrons. The molecule has 4 N–H and O–H groups in total. The van der Waals surface area contributed by atoms with Gasteiger partial charge >= 0.3 is 12.2 Å². The Morgan fingerprint density at radius 2 is 1.87 bits per heavy atom. The molecule has 1 aliphatic rings. The van der Waals surface area contributed by atoms with Crippen LogP contribution in [0.4, 0.5) is 23.7 Å². The van der Waals surface area contributed by atoms with Crippen LogP contribution in [0.25, 0.3) is 0 Å². The molecule has 0 radical (unpaired) electrons. The van der Waals surface area contributed by atoms with Crippen LogP contribution >= 0.6 is 0 Å². The number of alkyl halides is 3. The molecule has 12 heteroatoms. The van der Waals surface area contributed by atoms with E-state index < -0.39 is 17.8 Å². The van der Waals surface area contributed by atoms with Gasteiger partial charge < -0.3 is 30.7 Å². The summed E-state index contributed by atoms with van der Waals surface area (Å²) in [5.41, 5.74) is -0.0219. The monoisotopic (exact) mass is 543 g/mol. The summed E-state index contributed by atoms with van der Waals surface area (Å²) in [6.07, 6.45) is -1.19. The number of hydrogen-bond donors (Lipinski definition) is 4. The van der Waals surface area contributed by atoms with E-state index in [4.69, 9.17) is 9.47 Å². The first-order valence-corrected chi connectivity index (χ1v) is 12.3. The van der Waals surface area contributed by atoms with E-state index in [0.717, 1.165) is 37.1 Å². The van der Waals surface area contributed by atoms with E-state index in [1.54, 1.807) is 30.3 Å². The minimum absolute atomic E-state index is 0.0717. The molecule has 4 rings (SSSR count). The van der Waals surface area contributed by atoms with Gasteiger partial charge in [0.25, 0.3) is 5.91 Å². The lowest BCUT2D eigenvalue weighted by molar-refractivity contribution is -0.137. The Kier molecular flexibility index (Phi) is 8.87. The summed E-state index contributed by atoms with van der Waals surface area (Å²) < 4.78 is 51.3. The molecular formula is C27H28F3N5O4. The van der Waals surface area contributed by atoms with Crippen LogP contribution in [0.3, 0.4) is 0 Å². The van der Waals surface area contributed by atoms with E-state index in [2.05, 4.69) is 26.3 Å². The molecule has 9 nitrogen and oxygen atoms in total. The summed E-state index contributed by atoms with van der Waals surface area (Å²) in [6.45, 7) is 1.26. The standard InChI is InChI=1S/C27H28F3N5O4/c1-31-25(36)23-14-21(10-12-33-23)39-20-7-4-17(5-8-20)15-34-26(37)35-22-13-18(27(28,29)30)6-9-24(22)38-16-19-3-2-11-32-19/h4-10,12-14,19,32H,2-3,11,15-16H2,1H3,(H,31,36)(H2,34,35,37). The summed E-state index contributed by atoms with van der Waals surface area (Å²) in [5.74, 6) is 0.746. The normalized spacial score (nSPS) is 14.9. The Morgan fingerprint density at radius 3 is 2.56 bits per heavy atom. The number of benzene rings is 2. The molecule has 0 bridgehead atoms. The van der Waals surface area contributed by atoms with E-state index in [-0.39, 0.29) is 42.2 Å². The number of ether oxygens (including phenoxy) is 2. The van der Waals surface area contributed by atoms with E-state index in [9.17, 15) is 22.8 Å². The van der Waals surface area contributed by atoms with Gasteiger partial charge in [-0.05, 0) is 61.3 Å². The van der Waals surface area contributed by atoms with Gasteiger partial charge in [0.15, 0.2) is 0 Å². The Labute approximate surface area is 223 Å². The number of rotatable bonds is 9. The highest BCUT2D eigenvalue weighted by atomic mass is 19.4. The van der Waals surface area contributed by atoms with Crippen molar-refractivity contribution in [1.82, 2.24) is 20.9 Å². The van der Waals surface area contributed by atoms with Crippen molar-refractivity contribution in [2.24, 2.45) is 0 Å². The molecule has 2 aromatic carbocycles. The highest BCUT2D eigenvalue weighted by molar-refractivity contribution is 5.92. The second-order valence-corrected chi connectivity index (χ2v) is 8.82. The highest BCUT2D eigenvalue weighted by Crippen LogP contribution is 2.35. The third kappa shape index (κ3) is 7.84. The molecule has 0 aliphatic carbocycles. The van der Waals surface area contributed by atoms with Crippen LogP contribution in [0.2, 0.25) is 0 Å². The lowest BCUT2D eigenvalue weighted by Gasteiger charge is -2.18. The number of amides is 3. The van der Waals surface area contributed by atoms with E-state index in [0.29, 0.717) is 11.5 Å². The number of carbonyl (C=O) groups is 2. The number of nitrogens with zero attached hydrogens (tertiary/aromatic N) is 1. The zero-order valence-electron chi connectivity index (χ0n) is 21.1. The van der Waals surface area contributed by atoms with E-state index in [1.165, 1.54) is 25.4 Å². The van der Waals surface area contributed by atoms with Crippen molar-refractivity contribution in [3.05, 3.63) is 77.6 Å². The highest BCUT2D eigenvalue weighted by Gasteiger charge is 2.31. The molecule has 1 aliphatic heterocycles. The van der Waals surface area contributed by atoms with Crippen LogP contribution in [-0.4, -0.2) is 43.2 Å². The molecule has 1 unspecified atom stereocenters. The van der Waals surface area contributed by atoms with Gasteiger partial charge in [-0.15, -0.1) is 0 Å². The van der Waals surface area contributed by atoms with Gasteiger partial charge in [0.1, 0.15) is 29.5 Å². The number of nitrogens with one attached hydrogen (secondary N) is 4. The number of hydrogen-bond acceptors (Lipinski definition) is 6. The van der Waals surface area contributed by atoms with Crippen molar-refractivity contribution in [3.63, 3.8) is 0 Å². The number of urea groups is 1. The van der Waals surface area contributed by atoms with Crippen LogP contribution in [0.5, 0.6) is 17.2 Å². The largest absolute Gasteiger partial charge is 0.490 e. The Balaban J connectivity index is 1.35. The van der Waals surface area contributed by atoms with Crippen LogP contribution in [0.15, 0.2) is 60.8 Å². The fourth-order valence-electron chi connectivity index (χ4n) is 3.91. The SMILES string of the molecule is CNC(=O)c1cc(Oc2ccc(CNC(=O)Nc3cc(C(F)(F)F)ccc3OCC3CCCN3)cc2)ccn1. The van der Waals surface area contributed by atoms with Gasteiger partial charge in [-0.25, -0.2) is 4.79 Å². The average molecular weight is 544 g/mol. The topological polar surface area (TPSA) is 114 Å². The molecule has 2 heterocycles. The molecular weight excluding hydrogens is 515 g/mol. The number of carbonyl (C=O) groups excluding carboxylic acids is 2. The maximum Gasteiger partial charge on any atom is 0.416 e. The molecule has 39 heavy (non-hydrogen) atoms. The van der Waals surface area contributed by atoms with Gasteiger partial charge in [-0.1, -0.05) is 12.1 Å². The lowest BCUT2D eigenvalue weighted by Crippen LogP contribution is -2.30. The van der Waals surface area contributed by atoms with Gasteiger partial charge in [0.2, 0.25) is 0 Å². The van der Waals surface area contributed by atoms with Crippen LogP contribution in [-0.2, 0) is 12.7 Å². The molecule has 3 aromatic rings. The average Bonchev–Trinajstić information content (AvgIpc) is 3.45. The molecule has 1 aromatic heterocycles. The summed E-state index contributed by atoms with van der Waals surface area (Å²) in [6, 6.07) is 12.4. The second kappa shape index (κ2) is 12.5. The third-order valence-corrected chi connectivity index (χ3v) is 5.96. The summed E-state index contributed by atoms with van der Waals surface area (Å²) in [4.78, 5) is 28.3. The fourth-order valence-corrected chi connectivity index (χ4v) is 3.91. The Bertz CT molecular complexity index is 1300. The van der Waals surface area contributed by atoms with Crippen LogP contribution in [0, 0.1) is 0 Å². The molecule has 1 saturated heterocycles. The minimum Gasteiger partial charge on any atom is -0.490 e. The number of pyridine rings is 1. The predicted molar refractivity (Wildman–Crippen MR) is 138 cm³/mol. The lowest BCUT2D eigenvalue weighted by atomic mass is 10.1. The van der Waals surface area contributed by atoms with Crippen LogP contribution < -0.4 is 30.7 Å². The van der Waals surface area contributed by atoms with Crippen LogP contribution in [0.1, 0.15) is 34.5 Å². The molecule has 1 fully saturated rings. The second-order valence-electron chi connectivity index (χ2n) is 8.82. The Morgan fingerprint density at radius 1 is 1.08 bits per heavy atom. The van der Waals surface area contributed by atoms with Crippen molar-refractivity contribution < 1.29 is 32.2 Å². The zero-order valence-corrected chi connectivity index (χ0v) is 21.1. The number of anilines is 1. The van der Waals surface area contributed by atoms with E-state index in [1.807, 2.05) is 0 Å². The van der Waals surface area contributed by atoms with Gasteiger partial charge in [-0.3, -0.25) is 9.78 Å². The van der Waals surface area contributed by atoms with Crippen molar-refractivity contribution >= 4 is 17.6 Å². The summed E-state index contributed by atoms with van der Waals surface area (Å²) in [5, 5.41) is 10.9. The smallest absolute Gasteiger partial charge is 0.416 e. The van der Waals surface area contributed by atoms with Gasteiger partial charge in [-0.2, -0.15) is 13.2 Å². The van der Waals surface area contributed by atoms with Gasteiger partial charge in [0, 0.05) is 31.9 Å². The fraction of sp³-hybridized carbons (Fsp3) is 0.296. The third-order valence-electron chi connectivity index (χ3n) is 5.96. The van der Waals surface area contributed by atoms with Crippen molar-refractivity contribution in [3.8, 4) is 17.2 Å². The first kappa shape index (κ1) is 27.7. The van der Waals surface area contributed by atoms with Gasteiger partial charge in [0.05, 0.1) is 11.3 Å². The number of aromatic nitrogens is 1. The van der Waals surface area contributed by atoms with Crippen molar-refractivity contribution in [2.45, 2.75) is 31.6 Å². The maximum absolute atomic E-state index is 13.3. The first-order valence-electron chi connectivity index (χ1n) is 12.3. The summed E-state index contributed by atoms with van der Waals surface area (Å²) >= 11 is 0. The quantitative estimate of drug-likeness (QED) is 0.311. The minimum atomic E-state index is -4.57. The van der Waals surface area contributed by atoms with Crippen molar-refractivity contribution in [2.75, 3.05) is 25.5 Å². The molecule has 1 atom stereocenters. The molecule has 0 spiro atoms. The van der Waals surface area contributed by atoms with Crippen molar-refractivity contribution in [1.29, 1.82) is 0 Å². The molecule has 3 amide bonds.